The molecule has 172 valence electrons. The Labute approximate surface area is 179 Å². The van der Waals surface area contributed by atoms with Gasteiger partial charge in [0.05, 0.1) is 11.5 Å². The molecule has 0 spiro atoms. The molecule has 2 aliphatic rings. The van der Waals surface area contributed by atoms with E-state index in [1.165, 1.54) is 4.90 Å². The van der Waals surface area contributed by atoms with E-state index in [2.05, 4.69) is 25.0 Å². The van der Waals surface area contributed by atoms with Gasteiger partial charge >= 0.3 is 12.3 Å². The number of anilines is 1. The Hall–Kier alpha value is -2.10. The summed E-state index contributed by atoms with van der Waals surface area (Å²) in [5.41, 5.74) is -1.60. The highest BCUT2D eigenvalue weighted by atomic mass is 28.3. The van der Waals surface area contributed by atoms with E-state index in [-0.39, 0.29) is 17.5 Å². The Morgan fingerprint density at radius 3 is 2.42 bits per heavy atom. The maximum atomic E-state index is 13.6. The van der Waals surface area contributed by atoms with Crippen LogP contribution >= 0.6 is 0 Å². The van der Waals surface area contributed by atoms with Crippen LogP contribution in [0.3, 0.4) is 0 Å². The summed E-state index contributed by atoms with van der Waals surface area (Å²) in [7, 11) is -1.52. The molecular weight excluding hydrogens is 432 g/mol. The largest absolute Gasteiger partial charge is 0.465 e. The molecule has 2 saturated carbocycles. The van der Waals surface area contributed by atoms with E-state index < -0.39 is 49.6 Å². The van der Waals surface area contributed by atoms with Crippen molar-refractivity contribution in [3.05, 3.63) is 29.6 Å². The fraction of sp³-hybridized carbons (Fsp3) is 0.619. The number of rotatable bonds is 6. The number of hydrogen-bond acceptors (Lipinski definition) is 2. The molecule has 0 aromatic heterocycles. The minimum atomic E-state index is -4.88. The molecule has 4 atom stereocenters. The summed E-state index contributed by atoms with van der Waals surface area (Å²) < 4.78 is 52.5. The van der Waals surface area contributed by atoms with Gasteiger partial charge in [0, 0.05) is 26.3 Å². The van der Waals surface area contributed by atoms with Crippen LogP contribution in [0.2, 0.25) is 25.7 Å². The first-order valence-corrected chi connectivity index (χ1v) is 14.2. The van der Waals surface area contributed by atoms with E-state index in [0.29, 0.717) is 18.7 Å². The van der Waals surface area contributed by atoms with Crippen molar-refractivity contribution in [1.29, 1.82) is 0 Å². The number of amides is 2. The van der Waals surface area contributed by atoms with Gasteiger partial charge in [0.2, 0.25) is 5.91 Å². The second-order valence-electron chi connectivity index (χ2n) is 9.74. The highest BCUT2D eigenvalue weighted by molar-refractivity contribution is 6.76. The van der Waals surface area contributed by atoms with Gasteiger partial charge in [-0.2, -0.15) is 13.2 Å². The predicted octanol–water partition coefficient (Wildman–Crippen LogP) is 5.52. The van der Waals surface area contributed by atoms with Crippen molar-refractivity contribution < 1.29 is 32.3 Å². The second kappa shape index (κ2) is 8.44. The molecule has 0 heterocycles. The molecule has 10 heteroatoms. The normalized spacial score (nSPS) is 25.5. The van der Waals surface area contributed by atoms with Crippen LogP contribution in [0, 0.1) is 23.6 Å². The third-order valence-electron chi connectivity index (χ3n) is 6.44. The molecule has 2 amide bonds. The SMILES string of the molecule is C[Si](C)(C)CCN(C(=O)O)[C@H]1[C@@H]2CCC[C@@H]2[C@H]1C(=O)Nc1ccc(F)c(C(F)(F)F)c1. The molecule has 1 aromatic carbocycles. The summed E-state index contributed by atoms with van der Waals surface area (Å²) in [6.07, 6.45) is -3.43. The van der Waals surface area contributed by atoms with Gasteiger partial charge in [-0.1, -0.05) is 26.1 Å². The van der Waals surface area contributed by atoms with Gasteiger partial charge in [0.1, 0.15) is 5.82 Å². The zero-order chi connectivity index (χ0) is 23.1. The van der Waals surface area contributed by atoms with E-state index in [0.717, 1.165) is 31.4 Å². The monoisotopic (exact) mass is 460 g/mol. The summed E-state index contributed by atoms with van der Waals surface area (Å²) >= 11 is 0. The van der Waals surface area contributed by atoms with Gasteiger partial charge in [-0.05, 0) is 48.9 Å². The molecule has 2 aliphatic carbocycles. The van der Waals surface area contributed by atoms with Crippen molar-refractivity contribution in [3.63, 3.8) is 0 Å². The summed E-state index contributed by atoms with van der Waals surface area (Å²) in [5, 5.41) is 12.3. The zero-order valence-electron chi connectivity index (χ0n) is 17.8. The van der Waals surface area contributed by atoms with Crippen LogP contribution in [0.25, 0.3) is 0 Å². The molecule has 2 fully saturated rings. The first-order chi connectivity index (χ1) is 14.3. The van der Waals surface area contributed by atoms with E-state index in [1.807, 2.05) is 0 Å². The van der Waals surface area contributed by atoms with E-state index >= 15 is 0 Å². The standard InChI is InChI=1S/C21H28F4N2O3Si/c1-31(2,3)10-9-27(20(29)30)18-14-6-4-5-13(14)17(18)19(28)26-12-7-8-16(22)15(11-12)21(23,24)25/h7-8,11,13-14,17-18H,4-6,9-10H2,1-3H3,(H,26,28)(H,29,30)/t13-,14+,17+,18-/m0/s1. The fourth-order valence-corrected chi connectivity index (χ4v) is 5.82. The fourth-order valence-electron chi connectivity index (χ4n) is 4.91. The number of carbonyl (C=O) groups is 2. The van der Waals surface area contributed by atoms with Crippen LogP contribution in [-0.4, -0.2) is 42.7 Å². The molecular formula is C21H28F4N2O3Si. The molecule has 3 rings (SSSR count). The van der Waals surface area contributed by atoms with Crippen molar-refractivity contribution in [2.75, 3.05) is 11.9 Å². The first kappa shape index (κ1) is 23.6. The van der Waals surface area contributed by atoms with Crippen molar-refractivity contribution in [1.82, 2.24) is 4.90 Å². The summed E-state index contributed by atoms with van der Waals surface area (Å²) in [6.45, 7) is 6.77. The highest BCUT2D eigenvalue weighted by Gasteiger charge is 2.58. The minimum Gasteiger partial charge on any atom is -0.465 e. The van der Waals surface area contributed by atoms with Gasteiger partial charge in [0.25, 0.3) is 0 Å². The third-order valence-corrected chi connectivity index (χ3v) is 8.17. The smallest absolute Gasteiger partial charge is 0.419 e. The molecule has 1 aromatic rings. The highest BCUT2D eigenvalue weighted by Crippen LogP contribution is 2.54. The van der Waals surface area contributed by atoms with Crippen molar-refractivity contribution in [3.8, 4) is 0 Å². The average Bonchev–Trinajstić information content (AvgIpc) is 3.01. The first-order valence-electron chi connectivity index (χ1n) is 10.5. The van der Waals surface area contributed by atoms with Gasteiger partial charge in [0.15, 0.2) is 0 Å². The van der Waals surface area contributed by atoms with Crippen molar-refractivity contribution in [2.24, 2.45) is 17.8 Å². The van der Waals surface area contributed by atoms with Gasteiger partial charge in [-0.25, -0.2) is 9.18 Å². The quantitative estimate of drug-likeness (QED) is 0.434. The molecule has 5 nitrogen and oxygen atoms in total. The number of halogens is 4. The van der Waals surface area contributed by atoms with Crippen LogP contribution < -0.4 is 5.32 Å². The molecule has 0 aliphatic heterocycles. The Balaban J connectivity index is 1.81. The molecule has 0 saturated heterocycles. The van der Waals surface area contributed by atoms with Crippen LogP contribution in [-0.2, 0) is 11.0 Å². The Kier molecular flexibility index (Phi) is 6.41. The number of alkyl halides is 3. The van der Waals surface area contributed by atoms with Crippen LogP contribution in [0.5, 0.6) is 0 Å². The maximum Gasteiger partial charge on any atom is 0.419 e. The molecule has 0 radical (unpaired) electrons. The number of nitrogens with one attached hydrogen (secondary N) is 1. The lowest BCUT2D eigenvalue weighted by atomic mass is 9.61. The lowest BCUT2D eigenvalue weighted by Gasteiger charge is -2.52. The molecule has 0 bridgehead atoms. The number of fused-ring (bicyclic) bond motifs is 1. The van der Waals surface area contributed by atoms with Crippen molar-refractivity contribution >= 4 is 25.8 Å². The average molecular weight is 461 g/mol. The summed E-state index contributed by atoms with van der Waals surface area (Å²) in [6, 6.07) is 2.61. The molecule has 2 N–H and O–H groups in total. The van der Waals surface area contributed by atoms with E-state index in [9.17, 15) is 32.3 Å². The molecule has 31 heavy (non-hydrogen) atoms. The van der Waals surface area contributed by atoms with E-state index in [4.69, 9.17) is 0 Å². The third kappa shape index (κ3) is 5.04. The number of nitrogens with zero attached hydrogens (tertiary/aromatic N) is 1. The topological polar surface area (TPSA) is 69.6 Å². The van der Waals surface area contributed by atoms with Gasteiger partial charge in [-0.3, -0.25) is 4.79 Å². The second-order valence-corrected chi connectivity index (χ2v) is 15.4. The number of carboxylic acid groups (broad SMARTS) is 1. The van der Waals surface area contributed by atoms with Crippen molar-refractivity contribution in [2.45, 2.75) is 57.2 Å². The Morgan fingerprint density at radius 1 is 1.19 bits per heavy atom. The van der Waals surface area contributed by atoms with Gasteiger partial charge < -0.3 is 15.3 Å². The predicted molar refractivity (Wildman–Crippen MR) is 111 cm³/mol. The van der Waals surface area contributed by atoms with Crippen LogP contribution in [0.1, 0.15) is 24.8 Å². The zero-order valence-corrected chi connectivity index (χ0v) is 18.8. The lowest BCUT2D eigenvalue weighted by Crippen LogP contribution is -2.63. The lowest BCUT2D eigenvalue weighted by molar-refractivity contribution is -0.140. The number of carbonyl (C=O) groups excluding carboxylic acids is 1. The maximum absolute atomic E-state index is 13.6. The van der Waals surface area contributed by atoms with E-state index in [1.54, 1.807) is 0 Å². The molecule has 0 unspecified atom stereocenters. The Morgan fingerprint density at radius 2 is 1.84 bits per heavy atom. The minimum absolute atomic E-state index is 0.0151. The number of hydrogen-bond donors (Lipinski definition) is 2. The Bertz CT molecular complexity index is 856. The number of benzene rings is 1. The van der Waals surface area contributed by atoms with Crippen LogP contribution in [0.4, 0.5) is 28.0 Å². The summed E-state index contributed by atoms with van der Waals surface area (Å²) in [4.78, 5) is 26.4. The van der Waals surface area contributed by atoms with Gasteiger partial charge in [-0.15, -0.1) is 0 Å². The van der Waals surface area contributed by atoms with Crippen LogP contribution in [0.15, 0.2) is 18.2 Å². The summed E-state index contributed by atoms with van der Waals surface area (Å²) in [5.74, 6) is -2.43.